The molecule has 0 saturated heterocycles. The minimum absolute atomic E-state index is 0.0347. The molecule has 0 unspecified atom stereocenters. The van der Waals surface area contributed by atoms with Crippen LogP contribution < -0.4 is 5.32 Å². The molecule has 0 aliphatic carbocycles. The molecule has 0 amide bonds. The van der Waals surface area contributed by atoms with E-state index in [4.69, 9.17) is 0 Å². The third-order valence-electron chi connectivity index (χ3n) is 2.06. The Morgan fingerprint density at radius 3 is 2.73 bits per heavy atom. The molecule has 0 aromatic heterocycles. The lowest BCUT2D eigenvalue weighted by atomic mass is 10.1. The second-order valence-electron chi connectivity index (χ2n) is 3.25. The van der Waals surface area contributed by atoms with Crippen molar-refractivity contribution in [1.82, 2.24) is 5.32 Å². The fraction of sp³-hybridized carbons (Fsp3) is 0.364. The third-order valence-corrected chi connectivity index (χ3v) is 2.06. The van der Waals surface area contributed by atoms with E-state index in [2.05, 4.69) is 5.32 Å². The van der Waals surface area contributed by atoms with E-state index >= 15 is 0 Å². The Balaban J connectivity index is 2.65. The van der Waals surface area contributed by atoms with Gasteiger partial charge in [-0.3, -0.25) is 4.79 Å². The van der Waals surface area contributed by atoms with Gasteiger partial charge in [0.2, 0.25) is 0 Å². The van der Waals surface area contributed by atoms with Crippen LogP contribution in [0.15, 0.2) is 18.2 Å². The Labute approximate surface area is 87.3 Å². The monoisotopic (exact) mass is 213 g/mol. The second kappa shape index (κ2) is 5.56. The summed E-state index contributed by atoms with van der Waals surface area (Å²) in [5, 5.41) is 2.89. The van der Waals surface area contributed by atoms with Crippen molar-refractivity contribution in [3.8, 4) is 0 Å². The van der Waals surface area contributed by atoms with Gasteiger partial charge in [0.1, 0.15) is 11.6 Å². The lowest BCUT2D eigenvalue weighted by molar-refractivity contribution is 0.0976. The number of hydrogen-bond donors (Lipinski definition) is 1. The molecule has 0 atom stereocenters. The fourth-order valence-electron chi connectivity index (χ4n) is 1.28. The van der Waals surface area contributed by atoms with E-state index in [1.807, 2.05) is 0 Å². The zero-order valence-electron chi connectivity index (χ0n) is 8.52. The minimum atomic E-state index is -0.788. The highest BCUT2D eigenvalue weighted by molar-refractivity contribution is 5.96. The van der Waals surface area contributed by atoms with Gasteiger partial charge in [0, 0.05) is 12.5 Å². The van der Waals surface area contributed by atoms with Crippen LogP contribution in [0.25, 0.3) is 0 Å². The molecule has 0 saturated carbocycles. The van der Waals surface area contributed by atoms with Gasteiger partial charge in [0.15, 0.2) is 5.78 Å². The predicted octanol–water partition coefficient (Wildman–Crippen LogP) is 2.15. The first-order valence-corrected chi connectivity index (χ1v) is 4.78. The first-order chi connectivity index (χ1) is 7.15. The number of ketones is 1. The van der Waals surface area contributed by atoms with Crippen LogP contribution >= 0.6 is 0 Å². The highest BCUT2D eigenvalue weighted by Crippen LogP contribution is 2.12. The molecule has 15 heavy (non-hydrogen) atoms. The average molecular weight is 213 g/mol. The predicted molar refractivity (Wildman–Crippen MR) is 53.8 cm³/mol. The van der Waals surface area contributed by atoms with Crippen molar-refractivity contribution in [3.05, 3.63) is 35.4 Å². The standard InChI is InChI=1S/C11H13F2NO/c1-14-6-2-3-11(15)9-5-4-8(12)7-10(9)13/h4-5,7,14H,2-3,6H2,1H3. The van der Waals surface area contributed by atoms with E-state index in [-0.39, 0.29) is 17.8 Å². The fourth-order valence-corrected chi connectivity index (χ4v) is 1.28. The van der Waals surface area contributed by atoms with Crippen LogP contribution in [-0.2, 0) is 0 Å². The number of halogens is 2. The molecular formula is C11H13F2NO. The number of nitrogens with one attached hydrogen (secondary N) is 1. The zero-order chi connectivity index (χ0) is 11.3. The molecule has 4 heteroatoms. The summed E-state index contributed by atoms with van der Waals surface area (Å²) in [6.45, 7) is 0.703. The molecule has 0 spiro atoms. The third kappa shape index (κ3) is 3.40. The number of hydrogen-bond acceptors (Lipinski definition) is 2. The molecule has 1 N–H and O–H groups in total. The molecule has 0 aliphatic heterocycles. The molecule has 0 fully saturated rings. The molecule has 1 rings (SSSR count). The highest BCUT2D eigenvalue weighted by Gasteiger charge is 2.11. The number of carbonyl (C=O) groups excluding carboxylic acids is 1. The zero-order valence-corrected chi connectivity index (χ0v) is 8.52. The first-order valence-electron chi connectivity index (χ1n) is 4.78. The maximum Gasteiger partial charge on any atom is 0.165 e. The van der Waals surface area contributed by atoms with Crippen LogP contribution in [0.2, 0.25) is 0 Å². The van der Waals surface area contributed by atoms with Gasteiger partial charge in [-0.05, 0) is 32.1 Å². The van der Waals surface area contributed by atoms with E-state index in [1.54, 1.807) is 7.05 Å². The van der Waals surface area contributed by atoms with Crippen molar-refractivity contribution in [3.63, 3.8) is 0 Å². The Morgan fingerprint density at radius 1 is 1.40 bits per heavy atom. The van der Waals surface area contributed by atoms with Crippen LogP contribution in [0.1, 0.15) is 23.2 Å². The van der Waals surface area contributed by atoms with Crippen molar-refractivity contribution in [2.75, 3.05) is 13.6 Å². The van der Waals surface area contributed by atoms with Crippen LogP contribution in [0, 0.1) is 11.6 Å². The first kappa shape index (κ1) is 11.8. The van der Waals surface area contributed by atoms with Gasteiger partial charge in [-0.2, -0.15) is 0 Å². The van der Waals surface area contributed by atoms with E-state index in [0.29, 0.717) is 13.0 Å². The minimum Gasteiger partial charge on any atom is -0.320 e. The topological polar surface area (TPSA) is 29.1 Å². The highest BCUT2D eigenvalue weighted by atomic mass is 19.1. The van der Waals surface area contributed by atoms with E-state index in [1.165, 1.54) is 6.07 Å². The van der Waals surface area contributed by atoms with Crippen molar-refractivity contribution in [2.45, 2.75) is 12.8 Å². The van der Waals surface area contributed by atoms with Gasteiger partial charge in [-0.25, -0.2) is 8.78 Å². The van der Waals surface area contributed by atoms with Crippen LogP contribution in [0.3, 0.4) is 0 Å². The smallest absolute Gasteiger partial charge is 0.165 e. The SMILES string of the molecule is CNCCCC(=O)c1ccc(F)cc1F. The van der Waals surface area contributed by atoms with Crippen LogP contribution in [-0.4, -0.2) is 19.4 Å². The van der Waals surface area contributed by atoms with Gasteiger partial charge in [0.05, 0.1) is 5.56 Å². The summed E-state index contributed by atoms with van der Waals surface area (Å²) in [5.41, 5.74) is -0.0347. The molecule has 82 valence electrons. The molecule has 0 bridgehead atoms. The van der Waals surface area contributed by atoms with Gasteiger partial charge in [-0.15, -0.1) is 0 Å². The van der Waals surface area contributed by atoms with Gasteiger partial charge in [-0.1, -0.05) is 0 Å². The average Bonchev–Trinajstić information content (AvgIpc) is 2.17. The van der Waals surface area contributed by atoms with Crippen LogP contribution in [0.5, 0.6) is 0 Å². The van der Waals surface area contributed by atoms with Crippen LogP contribution in [0.4, 0.5) is 8.78 Å². The van der Waals surface area contributed by atoms with Crippen molar-refractivity contribution in [1.29, 1.82) is 0 Å². The van der Waals surface area contributed by atoms with Crippen molar-refractivity contribution >= 4 is 5.78 Å². The Bertz CT molecular complexity index is 352. The van der Waals surface area contributed by atoms with Gasteiger partial charge in [0.25, 0.3) is 0 Å². The molecule has 0 radical (unpaired) electrons. The Morgan fingerprint density at radius 2 is 2.13 bits per heavy atom. The summed E-state index contributed by atoms with van der Waals surface area (Å²) in [6.07, 6.45) is 0.912. The van der Waals surface area contributed by atoms with Gasteiger partial charge >= 0.3 is 0 Å². The molecule has 0 aliphatic rings. The molecule has 1 aromatic rings. The summed E-state index contributed by atoms with van der Waals surface area (Å²) in [6, 6.07) is 3.01. The maximum atomic E-state index is 13.1. The van der Waals surface area contributed by atoms with Crippen molar-refractivity contribution < 1.29 is 13.6 Å². The number of Topliss-reactive ketones (excluding diaryl/α,β-unsaturated/α-hetero) is 1. The quantitative estimate of drug-likeness (QED) is 0.599. The maximum absolute atomic E-state index is 13.1. The lowest BCUT2D eigenvalue weighted by Crippen LogP contribution is -2.10. The number of benzene rings is 1. The summed E-state index contributed by atoms with van der Waals surface area (Å²) >= 11 is 0. The largest absolute Gasteiger partial charge is 0.320 e. The number of rotatable bonds is 5. The van der Waals surface area contributed by atoms with E-state index in [0.717, 1.165) is 12.1 Å². The summed E-state index contributed by atoms with van der Waals surface area (Å²) in [4.78, 5) is 11.5. The molecule has 2 nitrogen and oxygen atoms in total. The normalized spacial score (nSPS) is 10.3. The van der Waals surface area contributed by atoms with Gasteiger partial charge < -0.3 is 5.32 Å². The second-order valence-corrected chi connectivity index (χ2v) is 3.25. The van der Waals surface area contributed by atoms with E-state index < -0.39 is 11.6 Å². The molecular weight excluding hydrogens is 200 g/mol. The summed E-state index contributed by atoms with van der Waals surface area (Å²) in [7, 11) is 1.78. The number of carbonyl (C=O) groups is 1. The lowest BCUT2D eigenvalue weighted by Gasteiger charge is -2.02. The molecule has 0 heterocycles. The molecule has 1 aromatic carbocycles. The van der Waals surface area contributed by atoms with E-state index in [9.17, 15) is 13.6 Å². The Kier molecular flexibility index (Phi) is 4.37. The van der Waals surface area contributed by atoms with Crippen molar-refractivity contribution in [2.24, 2.45) is 0 Å². The Hall–Kier alpha value is -1.29. The summed E-state index contributed by atoms with van der Waals surface area (Å²) < 4.78 is 25.7. The summed E-state index contributed by atoms with van der Waals surface area (Å²) in [5.74, 6) is -1.74.